The minimum Gasteiger partial charge on any atom is -0.311 e. The number of para-hydroxylation sites is 1. The molecule has 0 N–H and O–H groups in total. The average Bonchev–Trinajstić information content (AvgIpc) is 3.10. The first-order chi connectivity index (χ1) is 12.6. The van der Waals surface area contributed by atoms with Crippen LogP contribution in [0.1, 0.15) is 12.5 Å². The van der Waals surface area contributed by atoms with Crippen molar-refractivity contribution in [3.63, 3.8) is 0 Å². The molecule has 6 nitrogen and oxygen atoms in total. The lowest BCUT2D eigenvalue weighted by Crippen LogP contribution is -2.29. The van der Waals surface area contributed by atoms with Gasteiger partial charge in [-0.3, -0.25) is 14.5 Å². The van der Waals surface area contributed by atoms with Crippen molar-refractivity contribution in [2.45, 2.75) is 6.92 Å². The van der Waals surface area contributed by atoms with Crippen LogP contribution in [0.3, 0.4) is 0 Å². The molecule has 1 saturated heterocycles. The van der Waals surface area contributed by atoms with Gasteiger partial charge in [-0.2, -0.15) is 0 Å². The summed E-state index contributed by atoms with van der Waals surface area (Å²) in [5.41, 5.74) is 2.04. The highest BCUT2D eigenvalue weighted by Crippen LogP contribution is 2.44. The maximum atomic E-state index is 13.0. The molecule has 0 bridgehead atoms. The first kappa shape index (κ1) is 16.5. The minimum absolute atomic E-state index is 0.169. The largest absolute Gasteiger partial charge is 0.311 e. The predicted molar refractivity (Wildman–Crippen MR) is 103 cm³/mol. The van der Waals surface area contributed by atoms with E-state index in [2.05, 4.69) is 9.98 Å². The second-order valence-corrected chi connectivity index (χ2v) is 6.80. The number of rotatable bonds is 2. The van der Waals surface area contributed by atoms with Crippen molar-refractivity contribution >= 4 is 45.8 Å². The molecule has 2 aliphatic rings. The maximum Gasteiger partial charge on any atom is 0.267 e. The maximum absolute atomic E-state index is 13.0. The van der Waals surface area contributed by atoms with Crippen LogP contribution in [-0.2, 0) is 9.59 Å². The smallest absolute Gasteiger partial charge is 0.267 e. The highest BCUT2D eigenvalue weighted by atomic mass is 32.2. The lowest BCUT2D eigenvalue weighted by Gasteiger charge is -2.11. The third-order valence-electron chi connectivity index (χ3n) is 4.32. The molecule has 2 aromatic rings. The van der Waals surface area contributed by atoms with Gasteiger partial charge in [-0.05, 0) is 36.9 Å². The number of amides is 2. The van der Waals surface area contributed by atoms with E-state index in [0.29, 0.717) is 28.0 Å². The Bertz CT molecular complexity index is 969. The fourth-order valence-corrected chi connectivity index (χ4v) is 4.17. The molecule has 4 rings (SSSR count). The molecule has 3 heterocycles. The Kier molecular flexibility index (Phi) is 4.08. The van der Waals surface area contributed by atoms with Crippen molar-refractivity contribution in [2.24, 2.45) is 4.99 Å². The normalized spacial score (nSPS) is 21.1. The van der Waals surface area contributed by atoms with Crippen LogP contribution >= 0.6 is 11.8 Å². The number of likely N-dealkylation sites (N-methyl/N-ethyl adjacent to an activating group) is 2. The summed E-state index contributed by atoms with van der Waals surface area (Å²) in [5, 5.41) is 0.540. The lowest BCUT2D eigenvalue weighted by molar-refractivity contribution is -0.122. The van der Waals surface area contributed by atoms with Gasteiger partial charge in [-0.25, -0.2) is 9.98 Å². The number of hydrogen-bond acceptors (Lipinski definition) is 5. The van der Waals surface area contributed by atoms with Crippen molar-refractivity contribution in [3.8, 4) is 0 Å². The number of aliphatic imine (C=N–C) groups is 1. The van der Waals surface area contributed by atoms with Gasteiger partial charge in [0.25, 0.3) is 11.8 Å². The number of hydrogen-bond donors (Lipinski definition) is 0. The molecule has 0 aliphatic carbocycles. The molecular weight excluding hydrogens is 348 g/mol. The van der Waals surface area contributed by atoms with Gasteiger partial charge in [0, 0.05) is 25.4 Å². The second-order valence-electron chi connectivity index (χ2n) is 5.82. The number of anilines is 1. The fraction of sp³-hybridized carbons (Fsp3) is 0.158. The summed E-state index contributed by atoms with van der Waals surface area (Å²) in [4.78, 5) is 38.0. The van der Waals surface area contributed by atoms with Gasteiger partial charge in [-0.15, -0.1) is 0 Å². The van der Waals surface area contributed by atoms with Crippen LogP contribution in [0.15, 0.2) is 58.6 Å². The minimum atomic E-state index is -0.194. The summed E-state index contributed by atoms with van der Waals surface area (Å²) < 4.78 is 0. The highest BCUT2D eigenvalue weighted by Gasteiger charge is 2.41. The van der Waals surface area contributed by atoms with Crippen molar-refractivity contribution in [1.82, 2.24) is 9.88 Å². The molecule has 0 radical (unpaired) electrons. The number of carbonyl (C=O) groups excluding carboxylic acids is 2. The number of amidine groups is 1. The van der Waals surface area contributed by atoms with Gasteiger partial charge in [0.15, 0.2) is 11.0 Å². The molecule has 0 saturated carbocycles. The number of pyridine rings is 1. The quantitative estimate of drug-likeness (QED) is 0.768. The van der Waals surface area contributed by atoms with Crippen LogP contribution in [-0.4, -0.2) is 40.5 Å². The molecule has 1 fully saturated rings. The van der Waals surface area contributed by atoms with Gasteiger partial charge in [-0.1, -0.05) is 24.3 Å². The molecule has 7 heteroatoms. The van der Waals surface area contributed by atoms with Gasteiger partial charge in [0.2, 0.25) is 0 Å². The zero-order chi connectivity index (χ0) is 18.3. The zero-order valence-corrected chi connectivity index (χ0v) is 15.2. The number of thioether (sulfide) groups is 1. The highest BCUT2D eigenvalue weighted by molar-refractivity contribution is 8.18. The van der Waals surface area contributed by atoms with E-state index >= 15 is 0 Å². The Morgan fingerprint density at radius 2 is 1.85 bits per heavy atom. The first-order valence-electron chi connectivity index (χ1n) is 8.23. The van der Waals surface area contributed by atoms with Gasteiger partial charge < -0.3 is 4.90 Å². The van der Waals surface area contributed by atoms with Gasteiger partial charge in [0.1, 0.15) is 0 Å². The van der Waals surface area contributed by atoms with E-state index in [1.807, 2.05) is 43.3 Å². The molecule has 0 atom stereocenters. The van der Waals surface area contributed by atoms with Crippen LogP contribution in [0.5, 0.6) is 0 Å². The van der Waals surface area contributed by atoms with Crippen LogP contribution in [0.4, 0.5) is 11.5 Å². The van der Waals surface area contributed by atoms with E-state index in [0.717, 1.165) is 11.3 Å². The van der Waals surface area contributed by atoms with Crippen LogP contribution in [0.25, 0.3) is 5.57 Å². The molecule has 130 valence electrons. The summed E-state index contributed by atoms with van der Waals surface area (Å²) in [7, 11) is 1.72. The van der Waals surface area contributed by atoms with E-state index in [1.165, 1.54) is 11.8 Å². The third-order valence-corrected chi connectivity index (χ3v) is 5.40. The lowest BCUT2D eigenvalue weighted by atomic mass is 10.1. The SMILES string of the molecule is CCN1C(=O)/C(=C2/C(=O)N(C)c3ccccc32)S/C1=N/c1ccccn1. The zero-order valence-electron chi connectivity index (χ0n) is 14.3. The molecule has 2 amide bonds. The van der Waals surface area contributed by atoms with Crippen molar-refractivity contribution in [1.29, 1.82) is 0 Å². The Morgan fingerprint density at radius 3 is 2.58 bits per heavy atom. The van der Waals surface area contributed by atoms with E-state index in [1.54, 1.807) is 29.1 Å². The number of aromatic nitrogens is 1. The topological polar surface area (TPSA) is 65.9 Å². The second kappa shape index (κ2) is 6.42. The fourth-order valence-electron chi connectivity index (χ4n) is 3.03. The van der Waals surface area contributed by atoms with Crippen molar-refractivity contribution < 1.29 is 9.59 Å². The summed E-state index contributed by atoms with van der Waals surface area (Å²) >= 11 is 1.23. The molecule has 1 aromatic heterocycles. The summed E-state index contributed by atoms with van der Waals surface area (Å²) in [5.74, 6) is 0.167. The van der Waals surface area contributed by atoms with Crippen molar-refractivity contribution in [3.05, 3.63) is 59.1 Å². The van der Waals surface area contributed by atoms with Crippen molar-refractivity contribution in [2.75, 3.05) is 18.5 Å². The molecular formula is C19H16N4O2S. The Labute approximate surface area is 155 Å². The molecule has 1 aromatic carbocycles. The predicted octanol–water partition coefficient (Wildman–Crippen LogP) is 3.05. The van der Waals surface area contributed by atoms with Crippen LogP contribution in [0.2, 0.25) is 0 Å². The third kappa shape index (κ3) is 2.52. The summed E-state index contributed by atoms with van der Waals surface area (Å²) in [6.45, 7) is 2.36. The number of nitrogens with zero attached hydrogens (tertiary/aromatic N) is 4. The summed E-state index contributed by atoms with van der Waals surface area (Å²) in [6, 6.07) is 12.9. The van der Waals surface area contributed by atoms with Gasteiger partial charge >= 0.3 is 0 Å². The number of carbonyl (C=O) groups is 2. The van der Waals surface area contributed by atoms with E-state index in [4.69, 9.17) is 0 Å². The molecule has 26 heavy (non-hydrogen) atoms. The van der Waals surface area contributed by atoms with Crippen LogP contribution < -0.4 is 4.90 Å². The molecule has 0 unspecified atom stereocenters. The first-order valence-corrected chi connectivity index (χ1v) is 9.04. The Balaban J connectivity index is 1.84. The van der Waals surface area contributed by atoms with E-state index in [9.17, 15) is 9.59 Å². The average molecular weight is 364 g/mol. The van der Waals surface area contributed by atoms with E-state index < -0.39 is 0 Å². The monoisotopic (exact) mass is 364 g/mol. The number of benzene rings is 1. The number of fused-ring (bicyclic) bond motifs is 1. The summed E-state index contributed by atoms with van der Waals surface area (Å²) in [6.07, 6.45) is 1.65. The Morgan fingerprint density at radius 1 is 1.08 bits per heavy atom. The van der Waals surface area contributed by atoms with Gasteiger partial charge in [0.05, 0.1) is 16.2 Å². The standard InChI is InChI=1S/C19H16N4O2S/c1-3-23-18(25)16(26-19(23)21-14-10-6-7-11-20-14)15-12-8-4-5-9-13(12)22(2)17(15)24/h4-11H,3H2,1-2H3/b16-15-,21-19+. The molecule has 2 aliphatic heterocycles. The Hall–Kier alpha value is -2.93. The van der Waals surface area contributed by atoms with E-state index in [-0.39, 0.29) is 11.8 Å². The molecule has 0 spiro atoms. The van der Waals surface area contributed by atoms with Crippen LogP contribution in [0, 0.1) is 0 Å².